The number of fused-ring (bicyclic) bond motifs is 1. The van der Waals surface area contributed by atoms with Gasteiger partial charge in [0.1, 0.15) is 17.4 Å². The number of nitrogens with zero attached hydrogens (tertiary/aromatic N) is 5. The Morgan fingerprint density at radius 1 is 1.11 bits per heavy atom. The third kappa shape index (κ3) is 4.69. The number of methoxy groups -OCH3 is 1. The average Bonchev–Trinajstić information content (AvgIpc) is 2.86. The minimum absolute atomic E-state index is 0.0243. The fourth-order valence-corrected chi connectivity index (χ4v) is 4.28. The van der Waals surface area contributed by atoms with E-state index in [4.69, 9.17) is 14.7 Å². The zero-order valence-corrected chi connectivity index (χ0v) is 19.8. The lowest BCUT2D eigenvalue weighted by molar-refractivity contribution is 0.236. The molecule has 0 spiro atoms. The maximum Gasteiger partial charge on any atom is 0.167 e. The van der Waals surface area contributed by atoms with Crippen LogP contribution in [-0.4, -0.2) is 51.2 Å². The summed E-state index contributed by atoms with van der Waals surface area (Å²) in [6.07, 6.45) is 7.47. The molecular formula is C25H27FN8O. The van der Waals surface area contributed by atoms with Crippen LogP contribution in [0.4, 0.5) is 21.8 Å². The monoisotopic (exact) mass is 474 g/mol. The Labute approximate surface area is 202 Å². The van der Waals surface area contributed by atoms with E-state index in [0.717, 1.165) is 30.5 Å². The highest BCUT2D eigenvalue weighted by Gasteiger charge is 2.33. The van der Waals surface area contributed by atoms with Gasteiger partial charge in [0.15, 0.2) is 17.5 Å². The summed E-state index contributed by atoms with van der Waals surface area (Å²) in [4.78, 5) is 22.3. The quantitative estimate of drug-likeness (QED) is 0.379. The van der Waals surface area contributed by atoms with Crippen LogP contribution in [0.2, 0.25) is 0 Å². The first-order chi connectivity index (χ1) is 16.9. The molecule has 0 aromatic carbocycles. The fourth-order valence-electron chi connectivity index (χ4n) is 4.28. The Balaban J connectivity index is 1.57. The van der Waals surface area contributed by atoms with Crippen molar-refractivity contribution in [1.29, 1.82) is 0 Å². The molecule has 0 bridgehead atoms. The minimum atomic E-state index is -0.462. The van der Waals surface area contributed by atoms with Gasteiger partial charge in [-0.15, -0.1) is 0 Å². The summed E-state index contributed by atoms with van der Waals surface area (Å²) in [5.74, 6) is 1.85. The van der Waals surface area contributed by atoms with Crippen molar-refractivity contribution in [2.24, 2.45) is 5.41 Å². The lowest BCUT2D eigenvalue weighted by Gasteiger charge is -2.40. The lowest BCUT2D eigenvalue weighted by atomic mass is 9.80. The summed E-state index contributed by atoms with van der Waals surface area (Å²) in [6, 6.07) is 6.66. The van der Waals surface area contributed by atoms with Crippen LogP contribution < -0.4 is 20.7 Å². The van der Waals surface area contributed by atoms with Gasteiger partial charge in [-0.2, -0.15) is 0 Å². The molecule has 35 heavy (non-hydrogen) atoms. The highest BCUT2D eigenvalue weighted by atomic mass is 19.1. The van der Waals surface area contributed by atoms with Gasteiger partial charge >= 0.3 is 0 Å². The molecule has 4 aromatic heterocycles. The van der Waals surface area contributed by atoms with Crippen LogP contribution in [0.5, 0.6) is 5.75 Å². The Morgan fingerprint density at radius 2 is 2.00 bits per heavy atom. The maximum absolute atomic E-state index is 14.1. The molecule has 1 fully saturated rings. The molecule has 0 amide bonds. The first kappa shape index (κ1) is 22.9. The molecule has 1 saturated heterocycles. The van der Waals surface area contributed by atoms with Crippen LogP contribution in [0.25, 0.3) is 22.3 Å². The summed E-state index contributed by atoms with van der Waals surface area (Å²) in [5.41, 5.74) is 1.40. The van der Waals surface area contributed by atoms with Crippen molar-refractivity contribution in [2.75, 3.05) is 30.8 Å². The van der Waals surface area contributed by atoms with E-state index in [-0.39, 0.29) is 17.3 Å². The van der Waals surface area contributed by atoms with Gasteiger partial charge < -0.3 is 20.7 Å². The highest BCUT2D eigenvalue weighted by Crippen LogP contribution is 2.35. The number of rotatable bonds is 6. The molecule has 0 saturated carbocycles. The SMILES string of the molecule is COc1cncc2nc(-c3ccnc(Nc4ncccc4F)c3)nc(NC3CCNCC3(C)C)c12. The number of hydrogen-bond donors (Lipinski definition) is 3. The molecule has 180 valence electrons. The smallest absolute Gasteiger partial charge is 0.167 e. The molecule has 1 unspecified atom stereocenters. The Bertz CT molecular complexity index is 1360. The van der Waals surface area contributed by atoms with Crippen molar-refractivity contribution >= 4 is 28.4 Å². The van der Waals surface area contributed by atoms with Gasteiger partial charge in [0, 0.05) is 30.5 Å². The normalized spacial score (nSPS) is 17.2. The average molecular weight is 475 g/mol. The topological polar surface area (TPSA) is 110 Å². The van der Waals surface area contributed by atoms with Gasteiger partial charge in [0.05, 0.1) is 30.4 Å². The molecule has 0 radical (unpaired) electrons. The van der Waals surface area contributed by atoms with Crippen molar-refractivity contribution in [1.82, 2.24) is 30.2 Å². The summed E-state index contributed by atoms with van der Waals surface area (Å²) in [5, 5.41) is 10.8. The summed E-state index contributed by atoms with van der Waals surface area (Å²) < 4.78 is 19.7. The van der Waals surface area contributed by atoms with Crippen LogP contribution in [-0.2, 0) is 0 Å². The van der Waals surface area contributed by atoms with Crippen LogP contribution in [0, 0.1) is 11.2 Å². The molecule has 10 heteroatoms. The zero-order chi connectivity index (χ0) is 24.4. The van der Waals surface area contributed by atoms with Crippen molar-refractivity contribution in [3.05, 3.63) is 54.9 Å². The molecule has 5 rings (SSSR count). The summed E-state index contributed by atoms with van der Waals surface area (Å²) in [7, 11) is 1.61. The first-order valence-electron chi connectivity index (χ1n) is 11.5. The van der Waals surface area contributed by atoms with Crippen molar-refractivity contribution in [2.45, 2.75) is 26.3 Å². The number of pyridine rings is 3. The second kappa shape index (κ2) is 9.38. The minimum Gasteiger partial charge on any atom is -0.494 e. The van der Waals surface area contributed by atoms with E-state index in [9.17, 15) is 4.39 Å². The Morgan fingerprint density at radius 3 is 2.80 bits per heavy atom. The predicted octanol–water partition coefficient (Wildman–Crippen LogP) is 4.17. The summed E-state index contributed by atoms with van der Waals surface area (Å²) in [6.45, 7) is 6.30. The molecule has 0 aliphatic carbocycles. The van der Waals surface area contributed by atoms with Gasteiger partial charge in [-0.05, 0) is 42.6 Å². The standard InChI is InChI=1S/C25H27FN8O/c1-25(2)14-27-9-7-19(25)32-24-21-17(12-28-13-18(21)35-3)31-22(34-24)15-6-10-29-20(11-15)33-23-16(26)5-4-8-30-23/h4-6,8,10-13,19,27H,7,9,14H2,1-3H3,(H,29,30,33)(H,31,32,34). The second-order valence-electron chi connectivity index (χ2n) is 9.17. The number of nitrogens with one attached hydrogen (secondary N) is 3. The van der Waals surface area contributed by atoms with Crippen LogP contribution >= 0.6 is 0 Å². The molecule has 1 aliphatic heterocycles. The van der Waals surface area contributed by atoms with Gasteiger partial charge in [0.25, 0.3) is 0 Å². The van der Waals surface area contributed by atoms with Crippen molar-refractivity contribution in [3.63, 3.8) is 0 Å². The van der Waals surface area contributed by atoms with E-state index in [2.05, 4.69) is 44.7 Å². The Hall–Kier alpha value is -3.92. The largest absolute Gasteiger partial charge is 0.494 e. The van der Waals surface area contributed by atoms with E-state index in [0.29, 0.717) is 28.7 Å². The molecular weight excluding hydrogens is 447 g/mol. The lowest BCUT2D eigenvalue weighted by Crippen LogP contribution is -2.49. The van der Waals surface area contributed by atoms with Crippen LogP contribution in [0.1, 0.15) is 20.3 Å². The second-order valence-corrected chi connectivity index (χ2v) is 9.17. The van der Waals surface area contributed by atoms with Gasteiger partial charge in [-0.3, -0.25) is 4.98 Å². The van der Waals surface area contributed by atoms with E-state index < -0.39 is 5.82 Å². The number of anilines is 3. The van der Waals surface area contributed by atoms with Gasteiger partial charge in [-0.1, -0.05) is 13.8 Å². The number of ether oxygens (including phenoxy) is 1. The summed E-state index contributed by atoms with van der Waals surface area (Å²) >= 11 is 0. The van der Waals surface area contributed by atoms with Crippen LogP contribution in [0.15, 0.2) is 49.1 Å². The molecule has 1 atom stereocenters. The number of piperidine rings is 1. The van der Waals surface area contributed by atoms with Gasteiger partial charge in [0.2, 0.25) is 0 Å². The van der Waals surface area contributed by atoms with Crippen LogP contribution in [0.3, 0.4) is 0 Å². The first-order valence-corrected chi connectivity index (χ1v) is 11.5. The number of hydrogen-bond acceptors (Lipinski definition) is 9. The van der Waals surface area contributed by atoms with E-state index in [1.54, 1.807) is 31.8 Å². The van der Waals surface area contributed by atoms with Gasteiger partial charge in [-0.25, -0.2) is 24.3 Å². The Kier molecular flexibility index (Phi) is 6.12. The fraction of sp³-hybridized carbons (Fsp3) is 0.320. The molecule has 4 aromatic rings. The van der Waals surface area contributed by atoms with E-state index in [1.807, 2.05) is 6.07 Å². The van der Waals surface area contributed by atoms with Crippen molar-refractivity contribution < 1.29 is 9.13 Å². The molecule has 9 nitrogen and oxygen atoms in total. The highest BCUT2D eigenvalue weighted by molar-refractivity contribution is 5.95. The van der Waals surface area contributed by atoms with Crippen molar-refractivity contribution in [3.8, 4) is 17.1 Å². The molecule has 1 aliphatic rings. The number of aromatic nitrogens is 5. The van der Waals surface area contributed by atoms with E-state index >= 15 is 0 Å². The zero-order valence-electron chi connectivity index (χ0n) is 19.8. The van der Waals surface area contributed by atoms with E-state index in [1.165, 1.54) is 18.3 Å². The molecule has 3 N–H and O–H groups in total. The number of halogens is 1. The third-order valence-corrected chi connectivity index (χ3v) is 6.26. The maximum atomic E-state index is 14.1. The predicted molar refractivity (Wildman–Crippen MR) is 133 cm³/mol. The molecule has 5 heterocycles. The third-order valence-electron chi connectivity index (χ3n) is 6.26.